The summed E-state index contributed by atoms with van der Waals surface area (Å²) >= 11 is 0. The number of carbonyl (C=O) groups excluding carboxylic acids is 2. The molecule has 2 amide bonds. The van der Waals surface area contributed by atoms with E-state index in [9.17, 15) is 9.59 Å². The largest absolute Gasteiger partial charge is 0.369 e. The first-order valence-corrected chi connectivity index (χ1v) is 6.75. The smallest absolute Gasteiger partial charge is 0.243 e. The average Bonchev–Trinajstić information content (AvgIpc) is 2.83. The van der Waals surface area contributed by atoms with Crippen molar-refractivity contribution in [3.05, 3.63) is 11.8 Å². The monoisotopic (exact) mass is 280 g/mol. The molecule has 3 N–H and O–H groups in total. The normalized spacial score (nSPS) is 18.7. The highest BCUT2D eigenvalue weighted by Crippen LogP contribution is 2.19. The summed E-state index contributed by atoms with van der Waals surface area (Å²) in [6, 6.07) is 1.39. The number of nitrogens with two attached hydrogens (primary N) is 1. The van der Waals surface area contributed by atoms with Crippen LogP contribution < -0.4 is 11.1 Å². The molecule has 1 aromatic rings. The van der Waals surface area contributed by atoms with Crippen molar-refractivity contribution >= 4 is 17.7 Å². The number of hydrogen-bond donors (Lipinski definition) is 2. The van der Waals surface area contributed by atoms with Crippen LogP contribution in [0.2, 0.25) is 0 Å². The predicted octanol–water partition coefficient (Wildman–Crippen LogP) is 0.507. The lowest BCUT2D eigenvalue weighted by atomic mass is 9.95. The van der Waals surface area contributed by atoms with E-state index in [1.165, 1.54) is 0 Å². The van der Waals surface area contributed by atoms with Gasteiger partial charge < -0.3 is 10.3 Å². The number of aromatic nitrogens is 1. The topological polar surface area (TPSA) is 101 Å². The molecule has 0 spiro atoms. The molecule has 0 aliphatic carbocycles. The molecule has 7 heteroatoms. The van der Waals surface area contributed by atoms with E-state index in [-0.39, 0.29) is 23.8 Å². The maximum atomic E-state index is 12.1. The summed E-state index contributed by atoms with van der Waals surface area (Å²) in [7, 11) is 0. The van der Waals surface area contributed by atoms with Gasteiger partial charge in [0, 0.05) is 12.0 Å². The number of piperidine rings is 1. The Bertz CT molecular complexity index is 492. The molecule has 0 aromatic carbocycles. The molecular formula is C13H20N4O3. The second-order valence-corrected chi connectivity index (χ2v) is 5.21. The molecule has 1 aliphatic rings. The first-order valence-electron chi connectivity index (χ1n) is 6.75. The number of primary amides is 1. The fourth-order valence-electron chi connectivity index (χ4n) is 2.39. The van der Waals surface area contributed by atoms with E-state index in [1.807, 2.05) is 11.8 Å². The third-order valence-corrected chi connectivity index (χ3v) is 3.73. The predicted molar refractivity (Wildman–Crippen MR) is 72.8 cm³/mol. The number of anilines is 1. The quantitative estimate of drug-likeness (QED) is 0.836. The first-order chi connectivity index (χ1) is 9.47. The molecule has 1 aliphatic heterocycles. The molecule has 1 fully saturated rings. The maximum Gasteiger partial charge on any atom is 0.243 e. The number of carbonyl (C=O) groups is 2. The van der Waals surface area contributed by atoms with Gasteiger partial charge in [-0.2, -0.15) is 0 Å². The lowest BCUT2D eigenvalue weighted by Crippen LogP contribution is -2.47. The van der Waals surface area contributed by atoms with Crippen molar-refractivity contribution in [2.45, 2.75) is 32.7 Å². The second-order valence-electron chi connectivity index (χ2n) is 5.21. The van der Waals surface area contributed by atoms with Gasteiger partial charge in [-0.25, -0.2) is 0 Å². The zero-order valence-electron chi connectivity index (χ0n) is 11.8. The fourth-order valence-corrected chi connectivity index (χ4v) is 2.39. The van der Waals surface area contributed by atoms with Crippen LogP contribution in [0.3, 0.4) is 0 Å². The lowest BCUT2D eigenvalue weighted by Gasteiger charge is -2.33. The van der Waals surface area contributed by atoms with Crippen LogP contribution in [0.1, 0.15) is 25.5 Å². The number of rotatable bonds is 4. The first kappa shape index (κ1) is 14.5. The summed E-state index contributed by atoms with van der Waals surface area (Å²) in [5, 5.41) is 6.41. The van der Waals surface area contributed by atoms with Crippen molar-refractivity contribution in [3.63, 3.8) is 0 Å². The van der Waals surface area contributed by atoms with Gasteiger partial charge >= 0.3 is 0 Å². The minimum absolute atomic E-state index is 0.0709. The summed E-state index contributed by atoms with van der Waals surface area (Å²) < 4.78 is 4.96. The Balaban J connectivity index is 1.86. The van der Waals surface area contributed by atoms with E-state index >= 15 is 0 Å². The van der Waals surface area contributed by atoms with Gasteiger partial charge in [-0.05, 0) is 39.8 Å². The standard InChI is InChI=1S/C13H20N4O3/c1-8-7-11(20-16-8)15-13(19)9(2)17-5-3-10(4-6-17)12(14)18/h7,9-10H,3-6H2,1-2H3,(H2,14,18)(H,15,19). The van der Waals surface area contributed by atoms with Gasteiger partial charge in [0.25, 0.3) is 0 Å². The second kappa shape index (κ2) is 6.04. The van der Waals surface area contributed by atoms with Crippen LogP contribution in [0.5, 0.6) is 0 Å². The third kappa shape index (κ3) is 3.36. The zero-order chi connectivity index (χ0) is 14.7. The highest BCUT2D eigenvalue weighted by atomic mass is 16.5. The highest BCUT2D eigenvalue weighted by Gasteiger charge is 2.29. The zero-order valence-corrected chi connectivity index (χ0v) is 11.8. The van der Waals surface area contributed by atoms with Crippen LogP contribution in [-0.2, 0) is 9.59 Å². The Hall–Kier alpha value is -1.89. The minimum atomic E-state index is -0.283. The van der Waals surface area contributed by atoms with Crippen LogP contribution >= 0.6 is 0 Å². The van der Waals surface area contributed by atoms with E-state index in [2.05, 4.69) is 10.5 Å². The number of aryl methyl sites for hydroxylation is 1. The van der Waals surface area contributed by atoms with Crippen LogP contribution in [0, 0.1) is 12.8 Å². The Morgan fingerprint density at radius 3 is 2.65 bits per heavy atom. The molecule has 1 saturated heterocycles. The van der Waals surface area contributed by atoms with Gasteiger partial charge in [-0.1, -0.05) is 5.16 Å². The molecule has 7 nitrogen and oxygen atoms in total. The van der Waals surface area contributed by atoms with Crippen LogP contribution in [0.4, 0.5) is 5.88 Å². The van der Waals surface area contributed by atoms with Gasteiger partial charge in [0.05, 0.1) is 11.7 Å². The van der Waals surface area contributed by atoms with Crippen LogP contribution in [-0.4, -0.2) is 41.0 Å². The lowest BCUT2D eigenvalue weighted by molar-refractivity contribution is -0.124. The molecule has 2 heterocycles. The van der Waals surface area contributed by atoms with Gasteiger partial charge in [0.15, 0.2) is 0 Å². The molecule has 20 heavy (non-hydrogen) atoms. The van der Waals surface area contributed by atoms with Crippen molar-refractivity contribution in [1.29, 1.82) is 0 Å². The van der Waals surface area contributed by atoms with Crippen molar-refractivity contribution in [2.75, 3.05) is 18.4 Å². The molecule has 0 radical (unpaired) electrons. The van der Waals surface area contributed by atoms with Crippen LogP contribution in [0.15, 0.2) is 10.6 Å². The van der Waals surface area contributed by atoms with Crippen molar-refractivity contribution < 1.29 is 14.1 Å². The number of amides is 2. The highest BCUT2D eigenvalue weighted by molar-refractivity contribution is 5.93. The molecule has 1 atom stereocenters. The van der Waals surface area contributed by atoms with Gasteiger partial charge in [0.2, 0.25) is 17.7 Å². The summed E-state index contributed by atoms with van der Waals surface area (Å²) in [4.78, 5) is 25.3. The fraction of sp³-hybridized carbons (Fsp3) is 0.615. The molecule has 1 aromatic heterocycles. The van der Waals surface area contributed by atoms with E-state index in [4.69, 9.17) is 10.3 Å². The SMILES string of the molecule is Cc1cc(NC(=O)C(C)N2CCC(C(N)=O)CC2)on1. The third-order valence-electron chi connectivity index (χ3n) is 3.73. The number of likely N-dealkylation sites (tertiary alicyclic amines) is 1. The molecule has 2 rings (SSSR count). The Morgan fingerprint density at radius 1 is 1.50 bits per heavy atom. The molecule has 0 bridgehead atoms. The van der Waals surface area contributed by atoms with E-state index in [0.29, 0.717) is 31.8 Å². The van der Waals surface area contributed by atoms with Crippen LogP contribution in [0.25, 0.3) is 0 Å². The van der Waals surface area contributed by atoms with Gasteiger partial charge in [0.1, 0.15) is 0 Å². The summed E-state index contributed by atoms with van der Waals surface area (Å²) in [5.41, 5.74) is 6.01. The Labute approximate surface area is 117 Å². The maximum absolute atomic E-state index is 12.1. The summed E-state index contributed by atoms with van der Waals surface area (Å²) in [5.74, 6) is -0.109. The number of nitrogens with one attached hydrogen (secondary N) is 1. The molecule has 0 saturated carbocycles. The Kier molecular flexibility index (Phi) is 4.39. The van der Waals surface area contributed by atoms with E-state index < -0.39 is 0 Å². The van der Waals surface area contributed by atoms with Crippen molar-refractivity contribution in [3.8, 4) is 0 Å². The average molecular weight is 280 g/mol. The number of nitrogens with zero attached hydrogens (tertiary/aromatic N) is 2. The van der Waals surface area contributed by atoms with Gasteiger partial charge in [-0.15, -0.1) is 0 Å². The number of hydrogen-bond acceptors (Lipinski definition) is 5. The molecular weight excluding hydrogens is 260 g/mol. The van der Waals surface area contributed by atoms with Crippen molar-refractivity contribution in [1.82, 2.24) is 10.1 Å². The molecule has 110 valence electrons. The Morgan fingerprint density at radius 2 is 2.15 bits per heavy atom. The summed E-state index contributed by atoms with van der Waals surface area (Å²) in [6.07, 6.45) is 1.41. The van der Waals surface area contributed by atoms with Crippen molar-refractivity contribution in [2.24, 2.45) is 11.7 Å². The minimum Gasteiger partial charge on any atom is -0.369 e. The van der Waals surface area contributed by atoms with E-state index in [1.54, 1.807) is 13.0 Å². The summed E-state index contributed by atoms with van der Waals surface area (Å²) in [6.45, 7) is 5.01. The van der Waals surface area contributed by atoms with E-state index in [0.717, 1.165) is 5.69 Å². The molecule has 1 unspecified atom stereocenters. The van der Waals surface area contributed by atoms with Gasteiger partial charge in [-0.3, -0.25) is 19.8 Å².